The molecule has 0 unspecified atom stereocenters. The van der Waals surface area contributed by atoms with Crippen LogP contribution in [0.25, 0.3) is 4.96 Å². The normalized spacial score (nSPS) is 12.4. The van der Waals surface area contributed by atoms with E-state index in [0.717, 1.165) is 16.2 Å². The summed E-state index contributed by atoms with van der Waals surface area (Å²) < 4.78 is 1.96. The molecule has 0 aliphatic heterocycles. The van der Waals surface area contributed by atoms with Gasteiger partial charge >= 0.3 is 0 Å². The van der Waals surface area contributed by atoms with E-state index < -0.39 is 0 Å². The highest BCUT2D eigenvalue weighted by Crippen LogP contribution is 2.16. The van der Waals surface area contributed by atoms with E-state index >= 15 is 0 Å². The maximum Gasteiger partial charge on any atom is 0.225 e. The summed E-state index contributed by atoms with van der Waals surface area (Å²) in [4.78, 5) is 21.4. The number of aromatic nitrogens is 3. The van der Waals surface area contributed by atoms with Crippen LogP contribution in [-0.4, -0.2) is 20.3 Å². The SMILES string of the molecule is C[C@H](NC(=O)Cc1cccnc1)c1cn2ccsc2n1. The van der Waals surface area contributed by atoms with E-state index in [1.54, 1.807) is 23.7 Å². The van der Waals surface area contributed by atoms with Crippen molar-refractivity contribution in [1.82, 2.24) is 19.7 Å². The van der Waals surface area contributed by atoms with E-state index in [2.05, 4.69) is 15.3 Å². The van der Waals surface area contributed by atoms with Crippen molar-refractivity contribution in [3.63, 3.8) is 0 Å². The largest absolute Gasteiger partial charge is 0.348 e. The lowest BCUT2D eigenvalue weighted by Crippen LogP contribution is -2.28. The van der Waals surface area contributed by atoms with Gasteiger partial charge in [-0.2, -0.15) is 0 Å². The molecule has 1 amide bonds. The molecule has 0 saturated heterocycles. The lowest BCUT2D eigenvalue weighted by Gasteiger charge is -2.11. The zero-order valence-corrected chi connectivity index (χ0v) is 11.8. The van der Waals surface area contributed by atoms with Crippen LogP contribution in [0.1, 0.15) is 24.2 Å². The topological polar surface area (TPSA) is 59.3 Å². The molecule has 5 nitrogen and oxygen atoms in total. The first kappa shape index (κ1) is 12.8. The van der Waals surface area contributed by atoms with E-state index in [1.807, 2.05) is 41.2 Å². The van der Waals surface area contributed by atoms with Gasteiger partial charge in [-0.1, -0.05) is 6.07 Å². The van der Waals surface area contributed by atoms with E-state index in [0.29, 0.717) is 6.42 Å². The summed E-state index contributed by atoms with van der Waals surface area (Å²) >= 11 is 1.58. The highest BCUT2D eigenvalue weighted by molar-refractivity contribution is 7.15. The van der Waals surface area contributed by atoms with Crippen molar-refractivity contribution in [3.8, 4) is 0 Å². The molecule has 3 heterocycles. The van der Waals surface area contributed by atoms with Gasteiger partial charge in [-0.3, -0.25) is 14.2 Å². The Balaban J connectivity index is 1.65. The first-order valence-electron chi connectivity index (χ1n) is 6.33. The molecule has 0 aliphatic carbocycles. The molecule has 6 heteroatoms. The fourth-order valence-corrected chi connectivity index (χ4v) is 2.72. The Morgan fingerprint density at radius 1 is 1.55 bits per heavy atom. The molecule has 0 aromatic carbocycles. The molecule has 0 radical (unpaired) electrons. The second-order valence-electron chi connectivity index (χ2n) is 4.59. The van der Waals surface area contributed by atoms with Crippen LogP contribution in [0, 0.1) is 0 Å². The fourth-order valence-electron chi connectivity index (χ4n) is 2.01. The molecule has 102 valence electrons. The van der Waals surface area contributed by atoms with Gasteiger partial charge in [0.25, 0.3) is 0 Å². The number of carbonyl (C=O) groups is 1. The number of amides is 1. The maximum absolute atomic E-state index is 12.0. The van der Waals surface area contributed by atoms with Crippen LogP contribution >= 0.6 is 11.3 Å². The zero-order valence-electron chi connectivity index (χ0n) is 11.0. The zero-order chi connectivity index (χ0) is 13.9. The van der Waals surface area contributed by atoms with Crippen molar-refractivity contribution in [1.29, 1.82) is 0 Å². The third-order valence-electron chi connectivity index (χ3n) is 3.02. The molecule has 0 fully saturated rings. The quantitative estimate of drug-likeness (QED) is 0.800. The first-order valence-corrected chi connectivity index (χ1v) is 7.21. The van der Waals surface area contributed by atoms with E-state index in [4.69, 9.17) is 0 Å². The highest BCUT2D eigenvalue weighted by atomic mass is 32.1. The summed E-state index contributed by atoms with van der Waals surface area (Å²) in [6.07, 6.45) is 7.64. The molecule has 3 rings (SSSR count). The Labute approximate surface area is 120 Å². The fraction of sp³-hybridized carbons (Fsp3) is 0.214. The van der Waals surface area contributed by atoms with Crippen molar-refractivity contribution < 1.29 is 4.79 Å². The highest BCUT2D eigenvalue weighted by Gasteiger charge is 2.13. The predicted octanol–water partition coefficient (Wildman–Crippen LogP) is 2.21. The summed E-state index contributed by atoms with van der Waals surface area (Å²) in [7, 11) is 0. The molecule has 0 spiro atoms. The van der Waals surface area contributed by atoms with Gasteiger partial charge in [-0.05, 0) is 18.6 Å². The molecule has 0 aliphatic rings. The summed E-state index contributed by atoms with van der Waals surface area (Å²) in [6, 6.07) is 3.62. The van der Waals surface area contributed by atoms with Gasteiger partial charge in [-0.25, -0.2) is 4.98 Å². The average Bonchev–Trinajstić information content (AvgIpc) is 3.00. The van der Waals surface area contributed by atoms with Gasteiger partial charge in [-0.15, -0.1) is 11.3 Å². The van der Waals surface area contributed by atoms with Crippen molar-refractivity contribution in [2.75, 3.05) is 0 Å². The van der Waals surface area contributed by atoms with Gasteiger partial charge in [0.2, 0.25) is 5.91 Å². The number of imidazole rings is 1. The van der Waals surface area contributed by atoms with Crippen molar-refractivity contribution in [2.24, 2.45) is 0 Å². The Bertz CT molecular complexity index is 690. The van der Waals surface area contributed by atoms with Gasteiger partial charge in [0.1, 0.15) is 0 Å². The third-order valence-corrected chi connectivity index (χ3v) is 3.79. The van der Waals surface area contributed by atoms with Gasteiger partial charge in [0, 0.05) is 30.2 Å². The number of pyridine rings is 1. The standard InChI is InChI=1S/C14H14N4OS/c1-10(12-9-18-5-6-20-14(18)17-12)16-13(19)7-11-3-2-4-15-8-11/h2-6,8-10H,7H2,1H3,(H,16,19)/t10-/m0/s1. The monoisotopic (exact) mass is 286 g/mol. The summed E-state index contributed by atoms with van der Waals surface area (Å²) in [5.74, 6) is -0.0261. The van der Waals surface area contributed by atoms with Crippen molar-refractivity contribution in [2.45, 2.75) is 19.4 Å². The average molecular weight is 286 g/mol. The second-order valence-corrected chi connectivity index (χ2v) is 5.46. The van der Waals surface area contributed by atoms with Crippen LogP contribution in [-0.2, 0) is 11.2 Å². The number of nitrogens with one attached hydrogen (secondary N) is 1. The molecule has 0 bridgehead atoms. The molecular formula is C14H14N4OS. The minimum atomic E-state index is -0.105. The number of thiazole rings is 1. The van der Waals surface area contributed by atoms with Gasteiger partial charge < -0.3 is 5.32 Å². The lowest BCUT2D eigenvalue weighted by molar-refractivity contribution is -0.121. The number of hydrogen-bond donors (Lipinski definition) is 1. The van der Waals surface area contributed by atoms with Gasteiger partial charge in [0.05, 0.1) is 18.2 Å². The number of fused-ring (bicyclic) bond motifs is 1. The summed E-state index contributed by atoms with van der Waals surface area (Å²) in [5, 5.41) is 4.94. The predicted molar refractivity (Wildman–Crippen MR) is 77.6 cm³/mol. The summed E-state index contributed by atoms with van der Waals surface area (Å²) in [6.45, 7) is 1.94. The number of carbonyl (C=O) groups excluding carboxylic acids is 1. The number of nitrogens with zero attached hydrogens (tertiary/aromatic N) is 3. The minimum absolute atomic E-state index is 0.0261. The molecule has 20 heavy (non-hydrogen) atoms. The van der Waals surface area contributed by atoms with Gasteiger partial charge in [0.15, 0.2) is 4.96 Å². The number of rotatable bonds is 4. The third kappa shape index (κ3) is 2.70. The molecule has 0 saturated carbocycles. The van der Waals surface area contributed by atoms with Crippen LogP contribution in [0.3, 0.4) is 0 Å². The van der Waals surface area contributed by atoms with Crippen molar-refractivity contribution in [3.05, 3.63) is 53.6 Å². The second kappa shape index (κ2) is 5.42. The van der Waals surface area contributed by atoms with E-state index in [-0.39, 0.29) is 11.9 Å². The number of hydrogen-bond acceptors (Lipinski definition) is 4. The molecule has 3 aromatic rings. The Morgan fingerprint density at radius 2 is 2.45 bits per heavy atom. The van der Waals surface area contributed by atoms with E-state index in [9.17, 15) is 4.79 Å². The maximum atomic E-state index is 12.0. The molecular weight excluding hydrogens is 272 g/mol. The van der Waals surface area contributed by atoms with Crippen LogP contribution in [0.4, 0.5) is 0 Å². The van der Waals surface area contributed by atoms with Crippen LogP contribution in [0.5, 0.6) is 0 Å². The summed E-state index contributed by atoms with van der Waals surface area (Å²) in [5.41, 5.74) is 1.78. The lowest BCUT2D eigenvalue weighted by atomic mass is 10.2. The van der Waals surface area contributed by atoms with Crippen LogP contribution in [0.15, 0.2) is 42.3 Å². The Hall–Kier alpha value is -2.21. The molecule has 1 N–H and O–H groups in total. The molecule has 3 aromatic heterocycles. The Kier molecular flexibility index (Phi) is 3.47. The molecule has 1 atom stereocenters. The van der Waals surface area contributed by atoms with Crippen LogP contribution in [0.2, 0.25) is 0 Å². The van der Waals surface area contributed by atoms with E-state index in [1.165, 1.54) is 0 Å². The van der Waals surface area contributed by atoms with Crippen molar-refractivity contribution >= 4 is 22.2 Å². The first-order chi connectivity index (χ1) is 9.72. The van der Waals surface area contributed by atoms with Crippen LogP contribution < -0.4 is 5.32 Å². The minimum Gasteiger partial charge on any atom is -0.348 e. The smallest absolute Gasteiger partial charge is 0.225 e. The Morgan fingerprint density at radius 3 is 3.20 bits per heavy atom.